The molecule has 5 nitrogen and oxygen atoms in total. The second-order valence-electron chi connectivity index (χ2n) is 6.41. The molecule has 2 saturated heterocycles. The molecule has 0 saturated carbocycles. The first-order chi connectivity index (χ1) is 11.1. The topological polar surface area (TPSA) is 50.8 Å². The normalized spacial score (nSPS) is 19.0. The summed E-state index contributed by atoms with van der Waals surface area (Å²) in [4.78, 5) is 14.4. The number of halogens is 2. The highest BCUT2D eigenvalue weighted by Gasteiger charge is 2.38. The molecule has 1 aromatic carbocycles. The fourth-order valence-corrected chi connectivity index (χ4v) is 3.59. The van der Waals surface area contributed by atoms with Crippen LogP contribution >= 0.6 is 12.4 Å². The minimum atomic E-state index is -0.574. The van der Waals surface area contributed by atoms with Crippen molar-refractivity contribution in [1.29, 1.82) is 0 Å². The minimum absolute atomic E-state index is 0. The van der Waals surface area contributed by atoms with E-state index in [1.54, 1.807) is 4.90 Å². The molecular weight excluding hydrogens is 335 g/mol. The van der Waals surface area contributed by atoms with E-state index in [0.29, 0.717) is 24.3 Å². The van der Waals surface area contributed by atoms with Crippen LogP contribution in [0.2, 0.25) is 0 Å². The Hall–Kier alpha value is -1.53. The van der Waals surface area contributed by atoms with E-state index in [-0.39, 0.29) is 29.6 Å². The molecule has 1 N–H and O–H groups in total. The van der Waals surface area contributed by atoms with Gasteiger partial charge in [-0.15, -0.1) is 12.4 Å². The number of methoxy groups -OCH3 is 2. The maximum absolute atomic E-state index is 14.3. The first kappa shape index (κ1) is 18.8. The van der Waals surface area contributed by atoms with Crippen LogP contribution in [0, 0.1) is 11.2 Å². The van der Waals surface area contributed by atoms with Gasteiger partial charge in [-0.05, 0) is 37.3 Å². The van der Waals surface area contributed by atoms with Crippen molar-refractivity contribution in [3.63, 3.8) is 0 Å². The monoisotopic (exact) mass is 358 g/mol. The standard InChI is InChI=1S/C17H23FN2O3.ClH/c1-22-14-9-12(13(18)10-15(14)23-2)16(21)20-7-4-17(5-8-20)3-6-19-11-17;/h9-10,19H,3-8,11H2,1-2H3;1H. The number of hydrogen-bond donors (Lipinski definition) is 1. The molecule has 1 amide bonds. The van der Waals surface area contributed by atoms with Gasteiger partial charge in [0.25, 0.3) is 5.91 Å². The third-order valence-corrected chi connectivity index (χ3v) is 5.15. The Labute approximate surface area is 147 Å². The van der Waals surface area contributed by atoms with E-state index in [9.17, 15) is 9.18 Å². The van der Waals surface area contributed by atoms with Crippen LogP contribution in [0.5, 0.6) is 11.5 Å². The van der Waals surface area contributed by atoms with E-state index < -0.39 is 5.82 Å². The summed E-state index contributed by atoms with van der Waals surface area (Å²) in [6.07, 6.45) is 3.11. The van der Waals surface area contributed by atoms with Gasteiger partial charge >= 0.3 is 0 Å². The SMILES string of the molecule is COc1cc(F)c(C(=O)N2CCC3(CCNC3)CC2)cc1OC.Cl. The van der Waals surface area contributed by atoms with Gasteiger partial charge in [-0.25, -0.2) is 4.39 Å². The number of likely N-dealkylation sites (tertiary alicyclic amines) is 1. The lowest BCUT2D eigenvalue weighted by molar-refractivity contribution is 0.0602. The molecule has 0 aromatic heterocycles. The van der Waals surface area contributed by atoms with Gasteiger partial charge in [0, 0.05) is 25.7 Å². The molecule has 0 aliphatic carbocycles. The minimum Gasteiger partial charge on any atom is -0.493 e. The summed E-state index contributed by atoms with van der Waals surface area (Å²) >= 11 is 0. The molecule has 7 heteroatoms. The Morgan fingerprint density at radius 2 is 1.79 bits per heavy atom. The predicted molar refractivity (Wildman–Crippen MR) is 91.8 cm³/mol. The van der Waals surface area contributed by atoms with Crippen molar-refractivity contribution in [2.24, 2.45) is 5.41 Å². The van der Waals surface area contributed by atoms with Gasteiger partial charge in [-0.3, -0.25) is 4.79 Å². The first-order valence-corrected chi connectivity index (χ1v) is 8.00. The molecule has 24 heavy (non-hydrogen) atoms. The molecule has 0 atom stereocenters. The molecule has 2 aliphatic heterocycles. The molecule has 2 fully saturated rings. The molecule has 3 rings (SSSR count). The van der Waals surface area contributed by atoms with Crippen molar-refractivity contribution in [3.05, 3.63) is 23.5 Å². The summed E-state index contributed by atoms with van der Waals surface area (Å²) in [5.74, 6) is -0.193. The van der Waals surface area contributed by atoms with Crippen LogP contribution < -0.4 is 14.8 Å². The number of benzene rings is 1. The van der Waals surface area contributed by atoms with E-state index in [1.807, 2.05) is 0 Å². The lowest BCUT2D eigenvalue weighted by atomic mass is 9.78. The molecule has 0 bridgehead atoms. The second kappa shape index (κ2) is 7.57. The number of carbonyl (C=O) groups excluding carboxylic acids is 1. The zero-order valence-corrected chi connectivity index (χ0v) is 14.9. The van der Waals surface area contributed by atoms with Crippen LogP contribution in [0.3, 0.4) is 0 Å². The highest BCUT2D eigenvalue weighted by atomic mass is 35.5. The zero-order chi connectivity index (χ0) is 16.4. The Morgan fingerprint density at radius 3 is 2.33 bits per heavy atom. The molecule has 2 aliphatic rings. The van der Waals surface area contributed by atoms with E-state index in [0.717, 1.165) is 25.9 Å². The highest BCUT2D eigenvalue weighted by Crippen LogP contribution is 2.38. The Balaban J connectivity index is 0.00000208. The third-order valence-electron chi connectivity index (χ3n) is 5.15. The van der Waals surface area contributed by atoms with E-state index in [1.165, 1.54) is 32.8 Å². The summed E-state index contributed by atoms with van der Waals surface area (Å²) in [5.41, 5.74) is 0.371. The van der Waals surface area contributed by atoms with Crippen molar-refractivity contribution >= 4 is 18.3 Å². The third kappa shape index (κ3) is 3.44. The van der Waals surface area contributed by atoms with Crippen molar-refractivity contribution in [2.75, 3.05) is 40.4 Å². The van der Waals surface area contributed by atoms with Crippen LogP contribution in [-0.4, -0.2) is 51.2 Å². The summed E-state index contributed by atoms with van der Waals surface area (Å²) < 4.78 is 24.5. The molecule has 0 radical (unpaired) electrons. The van der Waals surface area contributed by atoms with Crippen molar-refractivity contribution in [2.45, 2.75) is 19.3 Å². The van der Waals surface area contributed by atoms with E-state index in [2.05, 4.69) is 5.32 Å². The average molecular weight is 359 g/mol. The van der Waals surface area contributed by atoms with Gasteiger partial charge < -0.3 is 19.7 Å². The molecular formula is C17H24ClFN2O3. The van der Waals surface area contributed by atoms with E-state index >= 15 is 0 Å². The van der Waals surface area contributed by atoms with Crippen LogP contribution in [0.4, 0.5) is 4.39 Å². The predicted octanol–water partition coefficient (Wildman–Crippen LogP) is 2.48. The summed E-state index contributed by atoms with van der Waals surface area (Å²) in [6, 6.07) is 2.64. The number of ether oxygens (including phenoxy) is 2. The van der Waals surface area contributed by atoms with Gasteiger partial charge in [-0.1, -0.05) is 0 Å². The summed E-state index contributed by atoms with van der Waals surface area (Å²) in [6.45, 7) is 3.43. The molecule has 1 spiro atoms. The van der Waals surface area contributed by atoms with Crippen molar-refractivity contribution in [1.82, 2.24) is 10.2 Å². The Morgan fingerprint density at radius 1 is 1.17 bits per heavy atom. The Bertz CT molecular complexity index is 596. The van der Waals surface area contributed by atoms with Crippen LogP contribution in [0.15, 0.2) is 12.1 Å². The van der Waals surface area contributed by atoms with Crippen molar-refractivity contribution in [3.8, 4) is 11.5 Å². The Kier molecular flexibility index (Phi) is 5.93. The fourth-order valence-electron chi connectivity index (χ4n) is 3.59. The lowest BCUT2D eigenvalue weighted by Crippen LogP contribution is -2.44. The average Bonchev–Trinajstić information content (AvgIpc) is 3.02. The number of nitrogens with zero attached hydrogens (tertiary/aromatic N) is 1. The maximum atomic E-state index is 14.3. The quantitative estimate of drug-likeness (QED) is 0.902. The maximum Gasteiger partial charge on any atom is 0.256 e. The first-order valence-electron chi connectivity index (χ1n) is 8.00. The molecule has 2 heterocycles. The molecule has 0 unspecified atom stereocenters. The van der Waals surface area contributed by atoms with Crippen LogP contribution in [0.1, 0.15) is 29.6 Å². The molecule has 1 aromatic rings. The van der Waals surface area contributed by atoms with Crippen LogP contribution in [-0.2, 0) is 0 Å². The van der Waals surface area contributed by atoms with Gasteiger partial charge in [0.1, 0.15) is 5.82 Å². The van der Waals surface area contributed by atoms with Gasteiger partial charge in [0.2, 0.25) is 0 Å². The van der Waals surface area contributed by atoms with Crippen LogP contribution in [0.25, 0.3) is 0 Å². The van der Waals surface area contributed by atoms with Gasteiger partial charge in [-0.2, -0.15) is 0 Å². The number of hydrogen-bond acceptors (Lipinski definition) is 4. The number of amides is 1. The van der Waals surface area contributed by atoms with Gasteiger partial charge in [0.05, 0.1) is 19.8 Å². The zero-order valence-electron chi connectivity index (χ0n) is 14.1. The number of rotatable bonds is 3. The summed E-state index contributed by atoms with van der Waals surface area (Å²) in [5, 5.41) is 3.40. The second-order valence-corrected chi connectivity index (χ2v) is 6.41. The highest BCUT2D eigenvalue weighted by molar-refractivity contribution is 5.95. The fraction of sp³-hybridized carbons (Fsp3) is 0.588. The summed E-state index contributed by atoms with van der Waals surface area (Å²) in [7, 11) is 2.92. The largest absolute Gasteiger partial charge is 0.493 e. The van der Waals surface area contributed by atoms with Crippen molar-refractivity contribution < 1.29 is 18.7 Å². The van der Waals surface area contributed by atoms with E-state index in [4.69, 9.17) is 9.47 Å². The van der Waals surface area contributed by atoms with Gasteiger partial charge in [0.15, 0.2) is 11.5 Å². The lowest BCUT2D eigenvalue weighted by Gasteiger charge is -2.39. The molecule has 134 valence electrons. The smallest absolute Gasteiger partial charge is 0.256 e. The number of carbonyl (C=O) groups is 1. The number of piperidine rings is 1. The number of nitrogens with one attached hydrogen (secondary N) is 1.